The fourth-order valence-corrected chi connectivity index (χ4v) is 1.84. The molecule has 2 nitrogen and oxygen atoms in total. The first-order valence-electron chi connectivity index (χ1n) is 5.82. The number of nitrogens with one attached hydrogen (secondary N) is 1. The summed E-state index contributed by atoms with van der Waals surface area (Å²) in [6.07, 6.45) is 0. The first-order chi connectivity index (χ1) is 8.18. The molecule has 0 saturated carbocycles. The zero-order valence-electron chi connectivity index (χ0n) is 10.3. The lowest BCUT2D eigenvalue weighted by molar-refractivity contribution is 1.11. The Bertz CT molecular complexity index is 518. The molecule has 0 aromatic heterocycles. The molecule has 0 aliphatic heterocycles. The Morgan fingerprint density at radius 1 is 1.00 bits per heavy atom. The number of aryl methyl sites for hydroxylation is 1. The lowest BCUT2D eigenvalue weighted by Gasteiger charge is -2.12. The minimum atomic E-state index is 0.830. The molecule has 0 bridgehead atoms. The van der Waals surface area contributed by atoms with Crippen molar-refractivity contribution in [2.75, 3.05) is 11.1 Å². The molecular formula is C15H18N2. The van der Waals surface area contributed by atoms with Crippen molar-refractivity contribution in [1.82, 2.24) is 0 Å². The first kappa shape index (κ1) is 11.5. The smallest absolute Gasteiger partial charge is 0.0403 e. The Labute approximate surface area is 102 Å². The van der Waals surface area contributed by atoms with Gasteiger partial charge in [-0.1, -0.05) is 30.3 Å². The Balaban J connectivity index is 2.13. The molecule has 0 aliphatic carbocycles. The Morgan fingerprint density at radius 3 is 2.53 bits per heavy atom. The predicted octanol–water partition coefficient (Wildman–Crippen LogP) is 3.50. The molecule has 2 aromatic rings. The minimum absolute atomic E-state index is 0.830. The van der Waals surface area contributed by atoms with Crippen LogP contribution in [0.4, 0.5) is 11.4 Å². The summed E-state index contributed by atoms with van der Waals surface area (Å²) < 4.78 is 0. The van der Waals surface area contributed by atoms with Crippen LogP contribution >= 0.6 is 0 Å². The Hall–Kier alpha value is -1.96. The third-order valence-corrected chi connectivity index (χ3v) is 3.11. The summed E-state index contributed by atoms with van der Waals surface area (Å²) in [6.45, 7) is 5.00. The standard InChI is InChI=1S/C15H18N2/c1-11-6-3-4-7-13(11)10-17-15-9-5-8-14(16)12(15)2/h3-9,17H,10,16H2,1-2H3. The van der Waals surface area contributed by atoms with Crippen LogP contribution in [0.1, 0.15) is 16.7 Å². The lowest BCUT2D eigenvalue weighted by atomic mass is 10.1. The van der Waals surface area contributed by atoms with Gasteiger partial charge in [-0.3, -0.25) is 0 Å². The van der Waals surface area contributed by atoms with Gasteiger partial charge in [0, 0.05) is 17.9 Å². The molecule has 2 rings (SSSR count). The molecule has 0 spiro atoms. The second-order valence-electron chi connectivity index (χ2n) is 4.30. The van der Waals surface area contributed by atoms with Crippen molar-refractivity contribution in [2.24, 2.45) is 0 Å². The number of anilines is 2. The zero-order chi connectivity index (χ0) is 12.3. The average Bonchev–Trinajstić information content (AvgIpc) is 2.33. The maximum absolute atomic E-state index is 5.88. The van der Waals surface area contributed by atoms with Gasteiger partial charge in [-0.2, -0.15) is 0 Å². The van der Waals surface area contributed by atoms with Crippen LogP contribution < -0.4 is 11.1 Å². The summed E-state index contributed by atoms with van der Waals surface area (Å²) >= 11 is 0. The Kier molecular flexibility index (Phi) is 3.33. The first-order valence-corrected chi connectivity index (χ1v) is 5.82. The summed E-state index contributed by atoms with van der Waals surface area (Å²) in [7, 11) is 0. The molecular weight excluding hydrogens is 208 g/mol. The molecule has 0 amide bonds. The minimum Gasteiger partial charge on any atom is -0.398 e. The van der Waals surface area contributed by atoms with Crippen molar-refractivity contribution in [3.05, 3.63) is 59.2 Å². The van der Waals surface area contributed by atoms with E-state index in [9.17, 15) is 0 Å². The van der Waals surface area contributed by atoms with Gasteiger partial charge in [0.25, 0.3) is 0 Å². The summed E-state index contributed by atoms with van der Waals surface area (Å²) in [6, 6.07) is 14.4. The van der Waals surface area contributed by atoms with E-state index in [1.165, 1.54) is 11.1 Å². The van der Waals surface area contributed by atoms with Crippen molar-refractivity contribution in [3.8, 4) is 0 Å². The molecule has 0 radical (unpaired) electrons. The van der Waals surface area contributed by atoms with Crippen LogP contribution in [0.25, 0.3) is 0 Å². The molecule has 0 heterocycles. The van der Waals surface area contributed by atoms with E-state index in [-0.39, 0.29) is 0 Å². The maximum Gasteiger partial charge on any atom is 0.0403 e. The molecule has 0 unspecified atom stereocenters. The van der Waals surface area contributed by atoms with Gasteiger partial charge in [0.05, 0.1) is 0 Å². The summed E-state index contributed by atoms with van der Waals surface area (Å²) in [5, 5.41) is 3.43. The van der Waals surface area contributed by atoms with Crippen LogP contribution in [0.15, 0.2) is 42.5 Å². The number of nitrogen functional groups attached to an aromatic ring is 1. The van der Waals surface area contributed by atoms with Crippen molar-refractivity contribution in [2.45, 2.75) is 20.4 Å². The van der Waals surface area contributed by atoms with Crippen molar-refractivity contribution >= 4 is 11.4 Å². The van der Waals surface area contributed by atoms with Gasteiger partial charge in [-0.25, -0.2) is 0 Å². The molecule has 2 heteroatoms. The summed E-state index contributed by atoms with van der Waals surface area (Å²) in [5.74, 6) is 0. The topological polar surface area (TPSA) is 38.0 Å². The fourth-order valence-electron chi connectivity index (χ4n) is 1.84. The van der Waals surface area contributed by atoms with Crippen LogP contribution in [0.5, 0.6) is 0 Å². The highest BCUT2D eigenvalue weighted by Crippen LogP contribution is 2.21. The van der Waals surface area contributed by atoms with E-state index in [4.69, 9.17) is 5.73 Å². The zero-order valence-corrected chi connectivity index (χ0v) is 10.3. The monoisotopic (exact) mass is 226 g/mol. The third-order valence-electron chi connectivity index (χ3n) is 3.11. The van der Waals surface area contributed by atoms with Crippen LogP contribution in [0.2, 0.25) is 0 Å². The van der Waals surface area contributed by atoms with E-state index >= 15 is 0 Å². The molecule has 17 heavy (non-hydrogen) atoms. The largest absolute Gasteiger partial charge is 0.398 e. The highest BCUT2D eigenvalue weighted by atomic mass is 14.9. The molecule has 3 N–H and O–H groups in total. The van der Waals surface area contributed by atoms with Crippen LogP contribution in [-0.4, -0.2) is 0 Å². The second kappa shape index (κ2) is 4.91. The summed E-state index contributed by atoms with van der Waals surface area (Å²) in [4.78, 5) is 0. The van der Waals surface area contributed by atoms with E-state index in [0.717, 1.165) is 23.5 Å². The fraction of sp³-hybridized carbons (Fsp3) is 0.200. The lowest BCUT2D eigenvalue weighted by Crippen LogP contribution is -2.03. The number of nitrogens with two attached hydrogens (primary N) is 1. The number of benzene rings is 2. The number of hydrogen-bond donors (Lipinski definition) is 2. The van der Waals surface area contributed by atoms with E-state index in [1.807, 2.05) is 19.1 Å². The van der Waals surface area contributed by atoms with Crippen LogP contribution in [0.3, 0.4) is 0 Å². The molecule has 0 aliphatic rings. The van der Waals surface area contributed by atoms with Gasteiger partial charge >= 0.3 is 0 Å². The van der Waals surface area contributed by atoms with Gasteiger partial charge in [-0.05, 0) is 42.7 Å². The maximum atomic E-state index is 5.88. The van der Waals surface area contributed by atoms with E-state index < -0.39 is 0 Å². The van der Waals surface area contributed by atoms with Gasteiger partial charge < -0.3 is 11.1 Å². The normalized spacial score (nSPS) is 10.2. The molecule has 0 fully saturated rings. The molecule has 2 aromatic carbocycles. The predicted molar refractivity (Wildman–Crippen MR) is 74.1 cm³/mol. The van der Waals surface area contributed by atoms with Gasteiger partial charge in [0.2, 0.25) is 0 Å². The molecule has 88 valence electrons. The SMILES string of the molecule is Cc1ccccc1CNc1cccc(N)c1C. The third kappa shape index (κ3) is 2.59. The van der Waals surface area contributed by atoms with Crippen molar-refractivity contribution in [3.63, 3.8) is 0 Å². The number of rotatable bonds is 3. The van der Waals surface area contributed by atoms with Crippen molar-refractivity contribution in [1.29, 1.82) is 0 Å². The van der Waals surface area contributed by atoms with Crippen molar-refractivity contribution < 1.29 is 0 Å². The van der Waals surface area contributed by atoms with E-state index in [1.54, 1.807) is 0 Å². The highest BCUT2D eigenvalue weighted by molar-refractivity contribution is 5.62. The average molecular weight is 226 g/mol. The van der Waals surface area contributed by atoms with Crippen LogP contribution in [0, 0.1) is 13.8 Å². The van der Waals surface area contributed by atoms with Gasteiger partial charge in [0.1, 0.15) is 0 Å². The quantitative estimate of drug-likeness (QED) is 0.786. The second-order valence-corrected chi connectivity index (χ2v) is 4.30. The summed E-state index contributed by atoms with van der Waals surface area (Å²) in [5.41, 5.74) is 11.6. The van der Waals surface area contributed by atoms with Gasteiger partial charge in [-0.15, -0.1) is 0 Å². The van der Waals surface area contributed by atoms with E-state index in [2.05, 4.69) is 42.6 Å². The van der Waals surface area contributed by atoms with Gasteiger partial charge in [0.15, 0.2) is 0 Å². The molecule has 0 atom stereocenters. The van der Waals surface area contributed by atoms with Crippen LogP contribution in [-0.2, 0) is 6.54 Å². The molecule has 0 saturated heterocycles. The number of hydrogen-bond acceptors (Lipinski definition) is 2. The highest BCUT2D eigenvalue weighted by Gasteiger charge is 2.01. The Morgan fingerprint density at radius 2 is 1.76 bits per heavy atom. The van der Waals surface area contributed by atoms with E-state index in [0.29, 0.717) is 0 Å².